The zero-order chi connectivity index (χ0) is 20.3. The smallest absolute Gasteiger partial charge is 0.255 e. The van der Waals surface area contributed by atoms with Gasteiger partial charge in [-0.1, -0.05) is 54.6 Å². The molecule has 28 heavy (non-hydrogen) atoms. The van der Waals surface area contributed by atoms with Crippen LogP contribution in [0.5, 0.6) is 0 Å². The third kappa shape index (κ3) is 4.51. The molecule has 150 valence electrons. The maximum absolute atomic E-state index is 13.0. The van der Waals surface area contributed by atoms with Gasteiger partial charge < -0.3 is 5.32 Å². The number of carbonyl (C=O) groups is 1. The highest BCUT2D eigenvalue weighted by Gasteiger charge is 2.29. The monoisotopic (exact) mass is 440 g/mol. The standard InChI is InChI=1S/C20H22Cl2N2O3S/c1-24(15-8-3-2-4-9-15)28(26,27)16-10-5-7-14(13-16)20(25)23-18-12-6-11-17(21)19(18)22/h5-7,10-13,15H,2-4,8-9H2,1H3,(H,23,25). The molecule has 1 aliphatic carbocycles. The molecule has 3 rings (SSSR count). The van der Waals surface area contributed by atoms with Crippen LogP contribution in [0.15, 0.2) is 47.4 Å². The summed E-state index contributed by atoms with van der Waals surface area (Å²) in [5.74, 6) is -0.457. The average molecular weight is 441 g/mol. The molecule has 0 aromatic heterocycles. The summed E-state index contributed by atoms with van der Waals surface area (Å²) in [6.07, 6.45) is 4.94. The fraction of sp³-hybridized carbons (Fsp3) is 0.350. The quantitative estimate of drug-likeness (QED) is 0.694. The topological polar surface area (TPSA) is 66.5 Å². The van der Waals surface area contributed by atoms with Crippen molar-refractivity contribution in [2.45, 2.75) is 43.0 Å². The second-order valence-electron chi connectivity index (χ2n) is 6.90. The summed E-state index contributed by atoms with van der Waals surface area (Å²) in [6.45, 7) is 0. The number of benzene rings is 2. The van der Waals surface area contributed by atoms with Crippen LogP contribution in [0.4, 0.5) is 5.69 Å². The van der Waals surface area contributed by atoms with E-state index in [1.165, 1.54) is 16.4 Å². The maximum Gasteiger partial charge on any atom is 0.255 e. The van der Waals surface area contributed by atoms with Gasteiger partial charge in [0.1, 0.15) is 0 Å². The Labute approximate surface area is 175 Å². The van der Waals surface area contributed by atoms with Crippen molar-refractivity contribution in [1.29, 1.82) is 0 Å². The van der Waals surface area contributed by atoms with Gasteiger partial charge in [-0.25, -0.2) is 8.42 Å². The summed E-state index contributed by atoms with van der Waals surface area (Å²) in [5.41, 5.74) is 0.598. The predicted molar refractivity (Wildman–Crippen MR) is 113 cm³/mol. The molecule has 0 spiro atoms. The lowest BCUT2D eigenvalue weighted by Crippen LogP contribution is -2.38. The van der Waals surface area contributed by atoms with E-state index in [0.29, 0.717) is 10.7 Å². The Morgan fingerprint density at radius 1 is 1.07 bits per heavy atom. The number of sulfonamides is 1. The summed E-state index contributed by atoms with van der Waals surface area (Å²) in [5, 5.41) is 3.23. The molecule has 0 atom stereocenters. The summed E-state index contributed by atoms with van der Waals surface area (Å²) >= 11 is 12.1. The number of carbonyl (C=O) groups excluding carboxylic acids is 1. The van der Waals surface area contributed by atoms with E-state index >= 15 is 0 Å². The number of hydrogen-bond donors (Lipinski definition) is 1. The first-order valence-electron chi connectivity index (χ1n) is 9.14. The van der Waals surface area contributed by atoms with Crippen molar-refractivity contribution in [3.05, 3.63) is 58.1 Å². The van der Waals surface area contributed by atoms with E-state index in [0.717, 1.165) is 32.1 Å². The van der Waals surface area contributed by atoms with Gasteiger partial charge >= 0.3 is 0 Å². The van der Waals surface area contributed by atoms with E-state index in [2.05, 4.69) is 5.32 Å². The molecule has 2 aromatic carbocycles. The number of rotatable bonds is 5. The Morgan fingerprint density at radius 2 is 1.75 bits per heavy atom. The molecule has 2 aromatic rings. The van der Waals surface area contributed by atoms with Gasteiger partial charge in [-0.05, 0) is 43.2 Å². The molecule has 1 aliphatic rings. The van der Waals surface area contributed by atoms with Crippen LogP contribution in [0.1, 0.15) is 42.5 Å². The highest BCUT2D eigenvalue weighted by molar-refractivity contribution is 7.89. The Balaban J connectivity index is 1.83. The van der Waals surface area contributed by atoms with Crippen LogP contribution in [0.25, 0.3) is 0 Å². The molecule has 1 fully saturated rings. The number of amides is 1. The van der Waals surface area contributed by atoms with E-state index in [4.69, 9.17) is 23.2 Å². The number of hydrogen-bond acceptors (Lipinski definition) is 3. The van der Waals surface area contributed by atoms with E-state index < -0.39 is 15.9 Å². The van der Waals surface area contributed by atoms with Crippen LogP contribution in [-0.2, 0) is 10.0 Å². The lowest BCUT2D eigenvalue weighted by Gasteiger charge is -2.30. The predicted octanol–water partition coefficient (Wildman–Crippen LogP) is 5.20. The molecule has 0 aliphatic heterocycles. The summed E-state index contributed by atoms with van der Waals surface area (Å²) < 4.78 is 27.5. The molecule has 0 heterocycles. The first kappa shape index (κ1) is 21.1. The van der Waals surface area contributed by atoms with Crippen LogP contribution >= 0.6 is 23.2 Å². The molecule has 1 saturated carbocycles. The Morgan fingerprint density at radius 3 is 2.46 bits per heavy atom. The van der Waals surface area contributed by atoms with Gasteiger partial charge in [-0.15, -0.1) is 0 Å². The molecule has 0 radical (unpaired) electrons. The molecule has 5 nitrogen and oxygen atoms in total. The minimum Gasteiger partial charge on any atom is -0.321 e. The zero-order valence-electron chi connectivity index (χ0n) is 15.5. The van der Waals surface area contributed by atoms with Gasteiger partial charge in [0.05, 0.1) is 20.6 Å². The normalized spacial score (nSPS) is 15.6. The second-order valence-corrected chi connectivity index (χ2v) is 9.68. The molecule has 1 amide bonds. The minimum absolute atomic E-state index is 0.00139. The zero-order valence-corrected chi connectivity index (χ0v) is 17.8. The second kappa shape index (κ2) is 8.82. The Kier molecular flexibility index (Phi) is 6.65. The fourth-order valence-electron chi connectivity index (χ4n) is 3.40. The van der Waals surface area contributed by atoms with Crippen molar-refractivity contribution < 1.29 is 13.2 Å². The SMILES string of the molecule is CN(C1CCCCC1)S(=O)(=O)c1cccc(C(=O)Nc2cccc(Cl)c2Cl)c1. The van der Waals surface area contributed by atoms with Gasteiger partial charge in [0.15, 0.2) is 0 Å². The largest absolute Gasteiger partial charge is 0.321 e. The Bertz CT molecular complexity index is 973. The highest BCUT2D eigenvalue weighted by atomic mass is 35.5. The van der Waals surface area contributed by atoms with Crippen molar-refractivity contribution in [2.24, 2.45) is 0 Å². The van der Waals surface area contributed by atoms with Gasteiger partial charge in [-0.2, -0.15) is 4.31 Å². The number of anilines is 1. The molecule has 0 bridgehead atoms. The number of halogens is 2. The molecule has 8 heteroatoms. The van der Waals surface area contributed by atoms with Crippen LogP contribution in [-0.4, -0.2) is 31.7 Å². The third-order valence-corrected chi connectivity index (χ3v) is 7.79. The minimum atomic E-state index is -3.68. The Hall–Kier alpha value is -1.60. The third-order valence-electron chi connectivity index (χ3n) is 5.06. The number of nitrogens with zero attached hydrogens (tertiary/aromatic N) is 1. The number of nitrogens with one attached hydrogen (secondary N) is 1. The molecular formula is C20H22Cl2N2O3S. The molecule has 0 unspecified atom stereocenters. The summed E-state index contributed by atoms with van der Waals surface area (Å²) in [7, 11) is -2.06. The van der Waals surface area contributed by atoms with Crippen molar-refractivity contribution >= 4 is 44.8 Å². The molecular weight excluding hydrogens is 419 g/mol. The van der Waals surface area contributed by atoms with Crippen LogP contribution in [0, 0.1) is 0 Å². The van der Waals surface area contributed by atoms with Gasteiger partial charge in [-0.3, -0.25) is 4.79 Å². The highest BCUT2D eigenvalue weighted by Crippen LogP contribution is 2.30. The van der Waals surface area contributed by atoms with Crippen molar-refractivity contribution in [3.63, 3.8) is 0 Å². The lowest BCUT2D eigenvalue weighted by atomic mass is 9.96. The first-order chi connectivity index (χ1) is 13.3. The van der Waals surface area contributed by atoms with Crippen molar-refractivity contribution in [1.82, 2.24) is 4.31 Å². The maximum atomic E-state index is 13.0. The van der Waals surface area contributed by atoms with Crippen LogP contribution in [0.2, 0.25) is 10.0 Å². The van der Waals surface area contributed by atoms with Crippen molar-refractivity contribution in [2.75, 3.05) is 12.4 Å². The molecule has 0 saturated heterocycles. The average Bonchev–Trinajstić information content (AvgIpc) is 2.71. The van der Waals surface area contributed by atoms with Crippen molar-refractivity contribution in [3.8, 4) is 0 Å². The van der Waals surface area contributed by atoms with Gasteiger partial charge in [0, 0.05) is 18.7 Å². The lowest BCUT2D eigenvalue weighted by molar-refractivity contribution is 0.102. The molecule has 1 N–H and O–H groups in total. The van der Waals surface area contributed by atoms with E-state index in [1.54, 1.807) is 37.4 Å². The van der Waals surface area contributed by atoms with Gasteiger partial charge in [0.25, 0.3) is 5.91 Å². The van der Waals surface area contributed by atoms with E-state index in [9.17, 15) is 13.2 Å². The van der Waals surface area contributed by atoms with E-state index in [-0.39, 0.29) is 21.5 Å². The summed E-state index contributed by atoms with van der Waals surface area (Å²) in [4.78, 5) is 12.7. The van der Waals surface area contributed by atoms with Gasteiger partial charge in [0.2, 0.25) is 10.0 Å². The van der Waals surface area contributed by atoms with Crippen LogP contribution < -0.4 is 5.32 Å². The fourth-order valence-corrected chi connectivity index (χ4v) is 5.21. The summed E-state index contributed by atoms with van der Waals surface area (Å²) in [6, 6.07) is 11.0. The van der Waals surface area contributed by atoms with E-state index in [1.807, 2.05) is 0 Å². The van der Waals surface area contributed by atoms with Crippen LogP contribution in [0.3, 0.4) is 0 Å². The first-order valence-corrected chi connectivity index (χ1v) is 11.3.